The van der Waals surface area contributed by atoms with Crippen LogP contribution in [0.25, 0.3) is 0 Å². The van der Waals surface area contributed by atoms with Crippen LogP contribution >= 0.6 is 12.4 Å². The number of urea groups is 1. The smallest absolute Gasteiger partial charge is 0.317 e. The molecule has 2 aliphatic heterocycles. The molecule has 2 aliphatic rings. The van der Waals surface area contributed by atoms with E-state index in [4.69, 9.17) is 0 Å². The molecule has 0 radical (unpaired) electrons. The molecule has 1 aromatic carbocycles. The summed E-state index contributed by atoms with van der Waals surface area (Å²) in [6, 6.07) is 9.32. The van der Waals surface area contributed by atoms with Crippen molar-refractivity contribution in [2.24, 2.45) is 11.8 Å². The number of carbonyl (C=O) groups excluding carboxylic acids is 1. The van der Waals surface area contributed by atoms with Gasteiger partial charge in [-0.3, -0.25) is 0 Å². The first kappa shape index (κ1) is 17.9. The molecule has 0 aromatic heterocycles. The van der Waals surface area contributed by atoms with Gasteiger partial charge in [-0.2, -0.15) is 0 Å². The topological polar surface area (TPSA) is 35.6 Å². The Balaban J connectivity index is 0.00000192. The number of hydrogen-bond acceptors (Lipinski definition) is 2. The third-order valence-electron chi connectivity index (χ3n) is 4.61. The zero-order valence-electron chi connectivity index (χ0n) is 13.0. The molecular formula is C16H22ClF2N3O. The summed E-state index contributed by atoms with van der Waals surface area (Å²) in [5.41, 5.74) is 0.998. The van der Waals surface area contributed by atoms with Crippen molar-refractivity contribution in [1.82, 2.24) is 15.1 Å². The average molecular weight is 346 g/mol. The van der Waals surface area contributed by atoms with E-state index in [1.807, 2.05) is 42.3 Å². The van der Waals surface area contributed by atoms with E-state index < -0.39 is 17.8 Å². The Labute approximate surface area is 141 Å². The molecule has 2 amide bonds. The number of benzene rings is 1. The highest BCUT2D eigenvalue weighted by molar-refractivity contribution is 5.85. The Bertz CT molecular complexity index is 525. The molecule has 128 valence electrons. The fraction of sp³-hybridized carbons (Fsp3) is 0.562. The molecule has 4 nitrogen and oxygen atoms in total. The fourth-order valence-corrected chi connectivity index (χ4v) is 3.42. The van der Waals surface area contributed by atoms with E-state index in [0.29, 0.717) is 19.6 Å². The van der Waals surface area contributed by atoms with Crippen molar-refractivity contribution in [1.29, 1.82) is 0 Å². The van der Waals surface area contributed by atoms with Crippen LogP contribution in [-0.2, 0) is 6.54 Å². The van der Waals surface area contributed by atoms with Crippen molar-refractivity contribution in [2.45, 2.75) is 12.5 Å². The average Bonchev–Trinajstić information content (AvgIpc) is 2.47. The van der Waals surface area contributed by atoms with Crippen LogP contribution in [0, 0.1) is 11.8 Å². The first-order valence-corrected chi connectivity index (χ1v) is 7.60. The molecule has 0 saturated carbocycles. The number of piperidine rings is 2. The molecule has 0 aliphatic carbocycles. The Morgan fingerprint density at radius 3 is 2.30 bits per heavy atom. The summed E-state index contributed by atoms with van der Waals surface area (Å²) in [5.74, 6) is -4.21. The van der Waals surface area contributed by atoms with Gasteiger partial charge in [0.05, 0.1) is 11.8 Å². The van der Waals surface area contributed by atoms with Crippen LogP contribution in [0.4, 0.5) is 13.6 Å². The monoisotopic (exact) mass is 345 g/mol. The Hall–Kier alpha value is -1.40. The van der Waals surface area contributed by atoms with Gasteiger partial charge in [-0.05, 0) is 12.6 Å². The van der Waals surface area contributed by atoms with Gasteiger partial charge in [0.2, 0.25) is 0 Å². The van der Waals surface area contributed by atoms with Gasteiger partial charge in [-0.15, -0.1) is 12.4 Å². The Kier molecular flexibility index (Phi) is 5.47. The number of carbonyl (C=O) groups is 1. The Morgan fingerprint density at radius 1 is 1.17 bits per heavy atom. The lowest BCUT2D eigenvalue weighted by molar-refractivity contribution is -0.176. The number of hydrogen-bond donors (Lipinski definition) is 1. The molecule has 2 unspecified atom stereocenters. The van der Waals surface area contributed by atoms with Gasteiger partial charge in [0.25, 0.3) is 5.92 Å². The molecule has 2 bridgehead atoms. The maximum absolute atomic E-state index is 14.2. The third kappa shape index (κ3) is 3.75. The van der Waals surface area contributed by atoms with Gasteiger partial charge < -0.3 is 15.1 Å². The molecule has 2 atom stereocenters. The maximum Gasteiger partial charge on any atom is 0.317 e. The highest BCUT2D eigenvalue weighted by Crippen LogP contribution is 2.41. The lowest BCUT2D eigenvalue weighted by Gasteiger charge is -2.49. The minimum absolute atomic E-state index is 0. The molecule has 2 saturated heterocycles. The van der Waals surface area contributed by atoms with E-state index in [-0.39, 0.29) is 31.5 Å². The minimum atomic E-state index is -2.66. The van der Waals surface area contributed by atoms with E-state index in [9.17, 15) is 13.6 Å². The summed E-state index contributed by atoms with van der Waals surface area (Å²) < 4.78 is 28.4. The number of likely N-dealkylation sites (tertiary alicyclic amines) is 2. The van der Waals surface area contributed by atoms with Gasteiger partial charge in [0, 0.05) is 32.7 Å². The molecule has 3 rings (SSSR count). The van der Waals surface area contributed by atoms with Gasteiger partial charge in [-0.25, -0.2) is 13.6 Å². The molecule has 1 N–H and O–H groups in total. The number of rotatable bonds is 2. The van der Waals surface area contributed by atoms with E-state index in [0.717, 1.165) is 5.56 Å². The summed E-state index contributed by atoms with van der Waals surface area (Å²) in [4.78, 5) is 15.7. The molecule has 7 heteroatoms. The van der Waals surface area contributed by atoms with Crippen LogP contribution in [0.3, 0.4) is 0 Å². The summed E-state index contributed by atoms with van der Waals surface area (Å²) >= 11 is 0. The minimum Gasteiger partial charge on any atom is -0.334 e. The highest BCUT2D eigenvalue weighted by atomic mass is 35.5. The molecule has 1 aromatic rings. The number of alkyl halides is 2. The second kappa shape index (κ2) is 7.01. The molecule has 2 fully saturated rings. The summed E-state index contributed by atoms with van der Waals surface area (Å²) in [6.07, 6.45) is 0. The van der Waals surface area contributed by atoms with Crippen LogP contribution in [0.1, 0.15) is 5.56 Å². The zero-order chi connectivity index (χ0) is 15.7. The van der Waals surface area contributed by atoms with Crippen LogP contribution in [0.2, 0.25) is 0 Å². The van der Waals surface area contributed by atoms with Gasteiger partial charge in [-0.1, -0.05) is 30.3 Å². The SMILES string of the molecule is CN1CC2CN(C(=O)NCc3ccccc3)CC(C1)C2(F)F.Cl. The molecule has 23 heavy (non-hydrogen) atoms. The predicted molar refractivity (Wildman–Crippen MR) is 86.9 cm³/mol. The van der Waals surface area contributed by atoms with Gasteiger partial charge in [0.1, 0.15) is 0 Å². The summed E-state index contributed by atoms with van der Waals surface area (Å²) in [7, 11) is 1.86. The number of nitrogens with one attached hydrogen (secondary N) is 1. The van der Waals surface area contributed by atoms with E-state index in [1.165, 1.54) is 0 Å². The molecule has 2 heterocycles. The number of nitrogens with zero attached hydrogens (tertiary/aromatic N) is 2. The number of halogens is 3. The van der Waals surface area contributed by atoms with Crippen LogP contribution < -0.4 is 5.32 Å². The second-order valence-corrected chi connectivity index (χ2v) is 6.34. The van der Waals surface area contributed by atoms with Crippen molar-refractivity contribution in [3.8, 4) is 0 Å². The van der Waals surface area contributed by atoms with E-state index in [1.54, 1.807) is 4.90 Å². The normalized spacial score (nSPS) is 26.3. The number of amides is 2. The van der Waals surface area contributed by atoms with Crippen molar-refractivity contribution in [3.05, 3.63) is 35.9 Å². The van der Waals surface area contributed by atoms with Crippen LogP contribution in [0.5, 0.6) is 0 Å². The molecule has 0 spiro atoms. The quantitative estimate of drug-likeness (QED) is 0.893. The van der Waals surface area contributed by atoms with Crippen LogP contribution in [0.15, 0.2) is 30.3 Å². The standard InChI is InChI=1S/C16H21F2N3O.ClH/c1-20-8-13-10-21(11-14(9-20)16(13,17)18)15(22)19-7-12-5-3-2-4-6-12;/h2-6,13-14H,7-11H2,1H3,(H,19,22);1H. The van der Waals surface area contributed by atoms with Crippen molar-refractivity contribution < 1.29 is 13.6 Å². The first-order valence-electron chi connectivity index (χ1n) is 7.60. The summed E-state index contributed by atoms with van der Waals surface area (Å²) in [5, 5.41) is 2.83. The van der Waals surface area contributed by atoms with E-state index >= 15 is 0 Å². The highest BCUT2D eigenvalue weighted by Gasteiger charge is 2.55. The van der Waals surface area contributed by atoms with E-state index in [2.05, 4.69) is 5.32 Å². The van der Waals surface area contributed by atoms with Gasteiger partial charge in [0.15, 0.2) is 0 Å². The lowest BCUT2D eigenvalue weighted by atomic mass is 9.81. The predicted octanol–water partition coefficient (Wildman–Crippen LogP) is 2.45. The Morgan fingerprint density at radius 2 is 1.74 bits per heavy atom. The first-order chi connectivity index (χ1) is 10.5. The van der Waals surface area contributed by atoms with Crippen molar-refractivity contribution in [3.63, 3.8) is 0 Å². The van der Waals surface area contributed by atoms with Crippen molar-refractivity contribution >= 4 is 18.4 Å². The molecular weight excluding hydrogens is 324 g/mol. The lowest BCUT2D eigenvalue weighted by Crippen LogP contribution is -2.64. The second-order valence-electron chi connectivity index (χ2n) is 6.34. The zero-order valence-corrected chi connectivity index (χ0v) is 13.9. The maximum atomic E-state index is 14.2. The van der Waals surface area contributed by atoms with Gasteiger partial charge >= 0.3 is 6.03 Å². The summed E-state index contributed by atoms with van der Waals surface area (Å²) in [6.45, 7) is 1.34. The fourth-order valence-electron chi connectivity index (χ4n) is 3.42. The number of fused-ring (bicyclic) bond motifs is 2. The van der Waals surface area contributed by atoms with Crippen LogP contribution in [-0.4, -0.2) is 55.0 Å². The van der Waals surface area contributed by atoms with Crippen molar-refractivity contribution in [2.75, 3.05) is 33.2 Å². The third-order valence-corrected chi connectivity index (χ3v) is 4.61. The largest absolute Gasteiger partial charge is 0.334 e.